The number of imidazole rings is 1. The summed E-state index contributed by atoms with van der Waals surface area (Å²) in [4.78, 5) is 23.0. The number of hydrogen-bond acceptors (Lipinski definition) is 3. The van der Waals surface area contributed by atoms with Crippen LogP contribution in [0.2, 0.25) is 0 Å². The van der Waals surface area contributed by atoms with Crippen LogP contribution >= 0.6 is 24.0 Å². The van der Waals surface area contributed by atoms with Crippen LogP contribution in [0.5, 0.6) is 0 Å². The van der Waals surface area contributed by atoms with Gasteiger partial charge in [-0.2, -0.15) is 0 Å². The molecular weight excluding hydrogens is 491 g/mol. The first kappa shape index (κ1) is 25.9. The van der Waals surface area contributed by atoms with Crippen molar-refractivity contribution in [2.45, 2.75) is 40.2 Å². The Balaban J connectivity index is 0.00000450. The average Bonchev–Trinajstić information content (AvgIpc) is 3.16. The zero-order valence-corrected chi connectivity index (χ0v) is 20.6. The van der Waals surface area contributed by atoms with Gasteiger partial charge in [-0.15, -0.1) is 24.0 Å². The largest absolute Gasteiger partial charge is 0.357 e. The quantitative estimate of drug-likeness (QED) is 0.268. The molecule has 0 spiro atoms. The smallest absolute Gasteiger partial charge is 0.224 e. The van der Waals surface area contributed by atoms with Gasteiger partial charge in [0.2, 0.25) is 5.91 Å². The summed E-state index contributed by atoms with van der Waals surface area (Å²) in [6, 6.07) is 10.4. The predicted molar refractivity (Wildman–Crippen MR) is 133 cm³/mol. The van der Waals surface area contributed by atoms with Crippen LogP contribution in [-0.2, 0) is 17.8 Å². The highest BCUT2D eigenvalue weighted by Gasteiger charge is 2.09. The molecule has 0 bridgehead atoms. The number of halogens is 1. The SMILES string of the molecule is CCNC(=NCCC(=O)N(CC)CC)NCCc1nccn1Cc1ccccc1.I. The summed E-state index contributed by atoms with van der Waals surface area (Å²) in [6.45, 7) is 10.3. The number of carbonyl (C=O) groups is 1. The van der Waals surface area contributed by atoms with Gasteiger partial charge in [0.25, 0.3) is 0 Å². The molecule has 0 radical (unpaired) electrons. The van der Waals surface area contributed by atoms with Gasteiger partial charge in [0.15, 0.2) is 5.96 Å². The van der Waals surface area contributed by atoms with Gasteiger partial charge in [-0.25, -0.2) is 4.98 Å². The standard InChI is InChI=1S/C22H34N6O.HI/c1-4-23-22(26-15-13-21(29)27(5-2)6-3)25-14-12-20-24-16-17-28(20)18-19-10-8-7-9-11-19;/h7-11,16-17H,4-6,12-15,18H2,1-3H3,(H2,23,25,26);1H. The molecule has 0 saturated heterocycles. The van der Waals surface area contributed by atoms with Gasteiger partial charge >= 0.3 is 0 Å². The Morgan fingerprint density at radius 3 is 2.53 bits per heavy atom. The van der Waals surface area contributed by atoms with Gasteiger partial charge in [0.05, 0.1) is 6.54 Å². The molecular formula is C22H35IN6O. The molecule has 0 aliphatic rings. The molecule has 0 aliphatic carbocycles. The van der Waals surface area contributed by atoms with E-state index in [4.69, 9.17) is 0 Å². The minimum Gasteiger partial charge on any atom is -0.357 e. The highest BCUT2D eigenvalue weighted by molar-refractivity contribution is 14.0. The normalized spacial score (nSPS) is 11.0. The van der Waals surface area contributed by atoms with Crippen molar-refractivity contribution in [1.82, 2.24) is 25.1 Å². The Bertz CT molecular complexity index is 758. The molecule has 0 saturated carbocycles. The van der Waals surface area contributed by atoms with Crippen LogP contribution in [0.15, 0.2) is 47.7 Å². The van der Waals surface area contributed by atoms with E-state index in [0.29, 0.717) is 13.0 Å². The first-order chi connectivity index (χ1) is 14.2. The molecule has 1 amide bonds. The second-order valence-electron chi connectivity index (χ2n) is 6.71. The molecule has 0 atom stereocenters. The number of rotatable bonds is 11. The third-order valence-corrected chi connectivity index (χ3v) is 4.69. The summed E-state index contributed by atoms with van der Waals surface area (Å²) in [5.74, 6) is 1.92. The van der Waals surface area contributed by atoms with E-state index in [0.717, 1.165) is 50.9 Å². The Hall–Kier alpha value is -2.10. The van der Waals surface area contributed by atoms with Crippen LogP contribution in [0.4, 0.5) is 0 Å². The maximum absolute atomic E-state index is 12.1. The minimum absolute atomic E-state index is 0. The molecule has 2 aromatic rings. The fourth-order valence-electron chi connectivity index (χ4n) is 3.12. The van der Waals surface area contributed by atoms with Gasteiger partial charge in [-0.05, 0) is 26.3 Å². The average molecular weight is 526 g/mol. The predicted octanol–water partition coefficient (Wildman–Crippen LogP) is 2.91. The summed E-state index contributed by atoms with van der Waals surface area (Å²) in [5.41, 5.74) is 1.26. The number of benzene rings is 1. The zero-order chi connectivity index (χ0) is 20.9. The van der Waals surface area contributed by atoms with E-state index in [1.807, 2.05) is 44.1 Å². The van der Waals surface area contributed by atoms with E-state index in [2.05, 4.69) is 49.4 Å². The number of amides is 1. The van der Waals surface area contributed by atoms with Gasteiger partial charge in [0.1, 0.15) is 5.82 Å². The van der Waals surface area contributed by atoms with Crippen LogP contribution in [-0.4, -0.2) is 59.0 Å². The van der Waals surface area contributed by atoms with Gasteiger partial charge in [0, 0.05) is 58.0 Å². The number of nitrogens with zero attached hydrogens (tertiary/aromatic N) is 4. The second-order valence-corrected chi connectivity index (χ2v) is 6.71. The molecule has 0 unspecified atom stereocenters. The maximum Gasteiger partial charge on any atom is 0.224 e. The Morgan fingerprint density at radius 1 is 1.13 bits per heavy atom. The molecule has 8 heteroatoms. The van der Waals surface area contributed by atoms with Crippen molar-refractivity contribution in [3.8, 4) is 0 Å². The van der Waals surface area contributed by atoms with Crippen molar-refractivity contribution in [2.24, 2.45) is 4.99 Å². The molecule has 2 N–H and O–H groups in total. The van der Waals surface area contributed by atoms with Crippen LogP contribution in [0.25, 0.3) is 0 Å². The van der Waals surface area contributed by atoms with Crippen molar-refractivity contribution in [3.63, 3.8) is 0 Å². The summed E-state index contributed by atoms with van der Waals surface area (Å²) in [7, 11) is 0. The van der Waals surface area contributed by atoms with Gasteiger partial charge in [-0.3, -0.25) is 9.79 Å². The van der Waals surface area contributed by atoms with E-state index in [1.54, 1.807) is 0 Å². The third kappa shape index (κ3) is 8.73. The lowest BCUT2D eigenvalue weighted by atomic mass is 10.2. The Morgan fingerprint density at radius 2 is 1.87 bits per heavy atom. The molecule has 30 heavy (non-hydrogen) atoms. The summed E-state index contributed by atoms with van der Waals surface area (Å²) >= 11 is 0. The highest BCUT2D eigenvalue weighted by Crippen LogP contribution is 2.05. The van der Waals surface area contributed by atoms with Crippen molar-refractivity contribution in [3.05, 3.63) is 54.1 Å². The topological polar surface area (TPSA) is 74.6 Å². The Labute approximate surface area is 197 Å². The molecule has 1 aromatic carbocycles. The molecule has 166 valence electrons. The van der Waals surface area contributed by atoms with Crippen LogP contribution < -0.4 is 10.6 Å². The number of aromatic nitrogens is 2. The lowest BCUT2D eigenvalue weighted by Crippen LogP contribution is -2.39. The fraction of sp³-hybridized carbons (Fsp3) is 0.500. The first-order valence-corrected chi connectivity index (χ1v) is 10.5. The van der Waals surface area contributed by atoms with Crippen molar-refractivity contribution < 1.29 is 4.79 Å². The van der Waals surface area contributed by atoms with Crippen molar-refractivity contribution in [1.29, 1.82) is 0 Å². The van der Waals surface area contributed by atoms with E-state index in [1.165, 1.54) is 5.56 Å². The van der Waals surface area contributed by atoms with Crippen LogP contribution in [0.3, 0.4) is 0 Å². The molecule has 7 nitrogen and oxygen atoms in total. The second kappa shape index (κ2) is 14.8. The zero-order valence-electron chi connectivity index (χ0n) is 18.3. The monoisotopic (exact) mass is 526 g/mol. The van der Waals surface area contributed by atoms with E-state index in [9.17, 15) is 4.79 Å². The van der Waals surface area contributed by atoms with E-state index in [-0.39, 0.29) is 29.9 Å². The van der Waals surface area contributed by atoms with Crippen molar-refractivity contribution in [2.75, 3.05) is 32.7 Å². The summed E-state index contributed by atoms with van der Waals surface area (Å²) in [5, 5.41) is 6.58. The Kier molecular flexibility index (Phi) is 12.8. The first-order valence-electron chi connectivity index (χ1n) is 10.5. The molecule has 1 aromatic heterocycles. The molecule has 0 aliphatic heterocycles. The van der Waals surface area contributed by atoms with Gasteiger partial charge < -0.3 is 20.1 Å². The fourth-order valence-corrected chi connectivity index (χ4v) is 3.12. The summed E-state index contributed by atoms with van der Waals surface area (Å²) in [6.07, 6.45) is 5.08. The van der Waals surface area contributed by atoms with Gasteiger partial charge in [-0.1, -0.05) is 30.3 Å². The number of nitrogens with one attached hydrogen (secondary N) is 2. The minimum atomic E-state index is 0. The lowest BCUT2D eigenvalue weighted by molar-refractivity contribution is -0.130. The van der Waals surface area contributed by atoms with E-state index >= 15 is 0 Å². The molecule has 2 rings (SSSR count). The van der Waals surface area contributed by atoms with Crippen LogP contribution in [0.1, 0.15) is 38.6 Å². The number of hydrogen-bond donors (Lipinski definition) is 2. The molecule has 0 fully saturated rings. The number of aliphatic imine (C=N–C) groups is 1. The van der Waals surface area contributed by atoms with E-state index < -0.39 is 0 Å². The highest BCUT2D eigenvalue weighted by atomic mass is 127. The lowest BCUT2D eigenvalue weighted by Gasteiger charge is -2.18. The van der Waals surface area contributed by atoms with Crippen LogP contribution in [0, 0.1) is 0 Å². The number of guanidine groups is 1. The molecule has 1 heterocycles. The van der Waals surface area contributed by atoms with Crippen molar-refractivity contribution >= 4 is 35.8 Å². The maximum atomic E-state index is 12.1. The summed E-state index contributed by atoms with van der Waals surface area (Å²) < 4.78 is 2.17. The third-order valence-electron chi connectivity index (χ3n) is 4.69. The number of carbonyl (C=O) groups excluding carboxylic acids is 1.